The van der Waals surface area contributed by atoms with Gasteiger partial charge in [0, 0.05) is 106 Å². The standard InChI is InChI=1S/C25H20ClF3N4O5.C25H21ClF3N3O5.CH2O2.Zn/c1-32-22-21(23(35)33(24(32)36)8-3-9-37-14-34)19(11-17-7-6-16(26)12-30-17)20(13-31-22)15-4-2-5-18(10-15)38-25(27,28)29;1-31-22-20(23(35)32(24(31)36)10-3-11-33)19(21(34)14-6-8-16(26)9-7-14)18(13-30-22)15-4-2-5-17(12-15)37-25(27,28)29;2-1-3;/h2,4-7,10,12-14H,3,8-9,11H2,1H3;2,4-9,12-13,21,33-34H,3,10-11H2,1H3;1H,(H,2,3);. The van der Waals surface area contributed by atoms with Crippen molar-refractivity contribution in [3.63, 3.8) is 0 Å². The largest absolute Gasteiger partial charge is 0.573 e. The first kappa shape index (κ1) is 62.1. The number of nitrogens with zero attached hydrogens (tertiary/aromatic N) is 7. The molecule has 28 heteroatoms. The predicted molar refractivity (Wildman–Crippen MR) is 271 cm³/mol. The van der Waals surface area contributed by atoms with Crippen LogP contribution in [0.3, 0.4) is 0 Å². The maximum atomic E-state index is 13.7. The van der Waals surface area contributed by atoms with E-state index in [1.807, 2.05) is 0 Å². The number of halogens is 8. The van der Waals surface area contributed by atoms with Crippen molar-refractivity contribution in [3.8, 4) is 33.8 Å². The van der Waals surface area contributed by atoms with Crippen molar-refractivity contribution in [2.45, 2.75) is 51.2 Å². The molecular weight excluding hydrogens is 1150 g/mol. The molecule has 0 bridgehead atoms. The number of carbonyl (C=O) groups excluding carboxylic acids is 1. The van der Waals surface area contributed by atoms with Gasteiger partial charge in [-0.2, -0.15) is 0 Å². The number of pyridine rings is 3. The fourth-order valence-corrected chi connectivity index (χ4v) is 8.37. The molecule has 0 aliphatic carbocycles. The molecule has 1 atom stereocenters. The van der Waals surface area contributed by atoms with Crippen molar-refractivity contribution in [1.82, 2.24) is 33.2 Å². The Bertz CT molecular complexity index is 3710. The molecule has 0 saturated carbocycles. The Morgan fingerprint density at radius 1 is 0.671 bits per heavy atom. The first-order valence-electron chi connectivity index (χ1n) is 22.8. The van der Waals surface area contributed by atoms with Crippen LogP contribution in [0.25, 0.3) is 44.3 Å². The van der Waals surface area contributed by atoms with Crippen LogP contribution in [0.5, 0.6) is 11.5 Å². The molecule has 3 N–H and O–H groups in total. The van der Waals surface area contributed by atoms with Crippen LogP contribution in [-0.2, 0) is 67.4 Å². The SMILES string of the molecule is Cn1c(=O)n(CCCO)c(=O)c2c(C(O)c3ccc(Cl)cc3)c(-c3cccc(OC(F)(F)F)c3)cnc21.Cn1c(=O)n(CCCOC=O)c(=O)c2c(Cc3ccc(Cl)cn3)c(-c3cccc(OC(F)(F)F)c3)cnc21.O=CO.[Zn]. The van der Waals surface area contributed by atoms with Gasteiger partial charge in [-0.3, -0.25) is 42.4 Å². The third-order valence-corrected chi connectivity index (χ3v) is 11.9. The zero-order valence-corrected chi connectivity index (χ0v) is 45.9. The quantitative estimate of drug-likeness (QED) is 0.0371. The normalized spacial score (nSPS) is 11.6. The van der Waals surface area contributed by atoms with Crippen molar-refractivity contribution in [2.75, 3.05) is 13.2 Å². The maximum absolute atomic E-state index is 13.7. The minimum atomic E-state index is -4.93. The molecule has 0 fully saturated rings. The number of aromatic nitrogens is 7. The van der Waals surface area contributed by atoms with E-state index in [1.165, 1.54) is 73.7 Å². The molecule has 0 spiro atoms. The van der Waals surface area contributed by atoms with Crippen molar-refractivity contribution >= 4 is 58.2 Å². The number of benzene rings is 3. The number of fused-ring (bicyclic) bond motifs is 2. The van der Waals surface area contributed by atoms with Gasteiger partial charge in [0.2, 0.25) is 0 Å². The Kier molecular flexibility index (Phi) is 21.4. The van der Waals surface area contributed by atoms with Crippen LogP contribution >= 0.6 is 23.2 Å². The number of hydrogen-bond donors (Lipinski definition) is 3. The summed E-state index contributed by atoms with van der Waals surface area (Å²) in [6.07, 6.45) is -6.75. The van der Waals surface area contributed by atoms with E-state index in [9.17, 15) is 60.5 Å². The second-order valence-corrected chi connectivity index (χ2v) is 17.4. The van der Waals surface area contributed by atoms with E-state index in [-0.39, 0.29) is 117 Å². The molecular formula is C51H43Cl2F6N7O12Zn. The number of hydrogen-bond acceptors (Lipinski definition) is 14. The molecule has 3 aromatic carbocycles. The Morgan fingerprint density at radius 2 is 1.16 bits per heavy atom. The molecule has 0 radical (unpaired) electrons. The van der Waals surface area contributed by atoms with E-state index < -0.39 is 52.8 Å². The van der Waals surface area contributed by atoms with Crippen LogP contribution < -0.4 is 32.0 Å². The van der Waals surface area contributed by atoms with Crippen molar-refractivity contribution in [2.24, 2.45) is 14.1 Å². The van der Waals surface area contributed by atoms with Crippen LogP contribution in [-0.4, -0.2) is 87.4 Å². The first-order chi connectivity index (χ1) is 37.0. The van der Waals surface area contributed by atoms with Gasteiger partial charge in [-0.1, -0.05) is 59.6 Å². The van der Waals surface area contributed by atoms with Gasteiger partial charge in [0.1, 0.15) is 28.9 Å². The fourth-order valence-electron chi connectivity index (χ4n) is 8.13. The van der Waals surface area contributed by atoms with Crippen LogP contribution in [0.2, 0.25) is 10.0 Å². The Morgan fingerprint density at radius 3 is 1.67 bits per heavy atom. The van der Waals surface area contributed by atoms with Gasteiger partial charge in [-0.15, -0.1) is 26.3 Å². The number of aliphatic hydroxyl groups excluding tert-OH is 2. The number of rotatable bonds is 16. The summed E-state index contributed by atoms with van der Waals surface area (Å²) in [7, 11) is 2.86. The summed E-state index contributed by atoms with van der Waals surface area (Å²) in [5.41, 5.74) is -0.312. The molecule has 412 valence electrons. The van der Waals surface area contributed by atoms with E-state index in [2.05, 4.69) is 29.2 Å². The second-order valence-electron chi connectivity index (χ2n) is 16.5. The molecule has 79 heavy (non-hydrogen) atoms. The van der Waals surface area contributed by atoms with Gasteiger partial charge in [-0.25, -0.2) is 19.6 Å². The van der Waals surface area contributed by atoms with Gasteiger partial charge >= 0.3 is 24.1 Å². The van der Waals surface area contributed by atoms with Gasteiger partial charge in [-0.05, 0) is 83.6 Å². The minimum Gasteiger partial charge on any atom is -0.483 e. The summed E-state index contributed by atoms with van der Waals surface area (Å²) in [4.78, 5) is 84.7. The summed E-state index contributed by atoms with van der Waals surface area (Å²) in [5.74, 6) is -0.948. The number of carbonyl (C=O) groups is 2. The average Bonchev–Trinajstić information content (AvgIpc) is 3.56. The molecule has 1 unspecified atom stereocenters. The Hall–Kier alpha value is -7.77. The Labute approximate surface area is 464 Å². The summed E-state index contributed by atoms with van der Waals surface area (Å²) in [6.45, 7) is -0.368. The molecule has 0 aliphatic heterocycles. The van der Waals surface area contributed by atoms with Gasteiger partial charge in [0.25, 0.3) is 24.1 Å². The summed E-state index contributed by atoms with van der Waals surface area (Å²) < 4.78 is 94.1. The topological polar surface area (TPSA) is 249 Å². The van der Waals surface area contributed by atoms with E-state index in [0.717, 1.165) is 31.9 Å². The summed E-state index contributed by atoms with van der Waals surface area (Å²) in [5, 5.41) is 28.4. The molecule has 8 rings (SSSR count). The zero-order valence-electron chi connectivity index (χ0n) is 41.4. The number of aliphatic hydroxyl groups is 2. The number of ether oxygens (including phenoxy) is 3. The zero-order chi connectivity index (χ0) is 57.1. The fraction of sp³-hybridized carbons (Fsp3) is 0.235. The van der Waals surface area contributed by atoms with Crippen LogP contribution in [0.1, 0.15) is 41.3 Å². The van der Waals surface area contributed by atoms with E-state index in [0.29, 0.717) is 38.0 Å². The van der Waals surface area contributed by atoms with Crippen molar-refractivity contribution < 1.29 is 84.9 Å². The van der Waals surface area contributed by atoms with E-state index in [4.69, 9.17) is 33.1 Å². The number of alkyl halides is 6. The molecule has 8 aromatic rings. The van der Waals surface area contributed by atoms with Gasteiger partial charge < -0.3 is 29.5 Å². The average molecular weight is 1200 g/mol. The van der Waals surface area contributed by atoms with E-state index >= 15 is 0 Å². The number of aryl methyl sites for hydroxylation is 2. The smallest absolute Gasteiger partial charge is 0.483 e. The van der Waals surface area contributed by atoms with Crippen LogP contribution in [0.4, 0.5) is 26.3 Å². The van der Waals surface area contributed by atoms with Crippen LogP contribution in [0.15, 0.2) is 123 Å². The van der Waals surface area contributed by atoms with Gasteiger partial charge in [0.05, 0.1) is 22.4 Å². The van der Waals surface area contributed by atoms with E-state index in [1.54, 1.807) is 30.3 Å². The molecule has 0 aliphatic rings. The Balaban J connectivity index is 0.000000274. The maximum Gasteiger partial charge on any atom is 0.573 e. The predicted octanol–water partition coefficient (Wildman–Crippen LogP) is 7.34. The molecule has 5 aromatic heterocycles. The van der Waals surface area contributed by atoms with Crippen molar-refractivity contribution in [3.05, 3.63) is 178 Å². The minimum absolute atomic E-state index is 0. The first-order valence-corrected chi connectivity index (χ1v) is 23.5. The third-order valence-electron chi connectivity index (χ3n) is 11.5. The third kappa shape index (κ3) is 15.3. The molecule has 19 nitrogen and oxygen atoms in total. The molecule has 0 amide bonds. The molecule has 5 heterocycles. The summed E-state index contributed by atoms with van der Waals surface area (Å²) in [6, 6.07) is 19.8. The van der Waals surface area contributed by atoms with Crippen molar-refractivity contribution in [1.29, 1.82) is 0 Å². The summed E-state index contributed by atoms with van der Waals surface area (Å²) >= 11 is 11.9. The number of carboxylic acid groups (broad SMARTS) is 1. The molecule has 0 saturated heterocycles. The second kappa shape index (κ2) is 27.2. The monoisotopic (exact) mass is 1190 g/mol. The van der Waals surface area contributed by atoms with Crippen LogP contribution in [0, 0.1) is 0 Å². The van der Waals surface area contributed by atoms with Gasteiger partial charge in [0.15, 0.2) is 0 Å².